The fourth-order valence-electron chi connectivity index (χ4n) is 2.99. The summed E-state index contributed by atoms with van der Waals surface area (Å²) in [6, 6.07) is 14.3. The molecule has 3 rings (SSSR count). The van der Waals surface area contributed by atoms with Crippen molar-refractivity contribution in [1.82, 2.24) is 0 Å². The van der Waals surface area contributed by atoms with E-state index < -0.39 is 0 Å². The maximum atomic E-state index is 12.2. The lowest BCUT2D eigenvalue weighted by Crippen LogP contribution is -2.15. The highest BCUT2D eigenvalue weighted by atomic mass is 79.9. The molecule has 0 aromatic heterocycles. The predicted molar refractivity (Wildman–Crippen MR) is 87.1 cm³/mol. The number of halogens is 1. The first-order valence-corrected chi connectivity index (χ1v) is 7.99. The first-order chi connectivity index (χ1) is 10.1. The number of ketones is 1. The van der Waals surface area contributed by atoms with E-state index in [1.165, 1.54) is 5.56 Å². The van der Waals surface area contributed by atoms with Crippen molar-refractivity contribution in [2.24, 2.45) is 0 Å². The maximum absolute atomic E-state index is 12.2. The number of carbonyl (C=O) groups excluding carboxylic acids is 1. The van der Waals surface area contributed by atoms with E-state index in [9.17, 15) is 4.79 Å². The Kier molecular flexibility index (Phi) is 3.85. The van der Waals surface area contributed by atoms with Gasteiger partial charge in [0.25, 0.3) is 0 Å². The van der Waals surface area contributed by atoms with Crippen LogP contribution in [0.15, 0.2) is 46.9 Å². The summed E-state index contributed by atoms with van der Waals surface area (Å²) in [5.74, 6) is 1.04. The van der Waals surface area contributed by atoms with Gasteiger partial charge in [-0.25, -0.2) is 0 Å². The number of hydrogen-bond acceptors (Lipinski definition) is 2. The first kappa shape index (κ1) is 14.3. The van der Waals surface area contributed by atoms with Crippen molar-refractivity contribution in [1.29, 1.82) is 0 Å². The Morgan fingerprint density at radius 2 is 1.95 bits per heavy atom. The number of hydrogen-bond donors (Lipinski definition) is 0. The van der Waals surface area contributed by atoms with Crippen LogP contribution in [0.1, 0.15) is 47.7 Å². The summed E-state index contributed by atoms with van der Waals surface area (Å²) in [6.45, 7) is 3.94. The van der Waals surface area contributed by atoms with Gasteiger partial charge >= 0.3 is 0 Å². The Hall–Kier alpha value is -1.61. The number of carbonyl (C=O) groups is 1. The fraction of sp³-hybridized carbons (Fsp3) is 0.278. The van der Waals surface area contributed by atoms with Crippen molar-refractivity contribution >= 4 is 21.7 Å². The summed E-state index contributed by atoms with van der Waals surface area (Å²) in [5.41, 5.74) is 3.00. The van der Waals surface area contributed by atoms with Crippen LogP contribution in [0.5, 0.6) is 5.75 Å². The van der Waals surface area contributed by atoms with Gasteiger partial charge in [-0.3, -0.25) is 4.79 Å². The largest absolute Gasteiger partial charge is 0.489 e. The Morgan fingerprint density at radius 1 is 1.24 bits per heavy atom. The highest BCUT2D eigenvalue weighted by Crippen LogP contribution is 2.45. The molecule has 3 heteroatoms. The molecule has 1 heterocycles. The highest BCUT2D eigenvalue weighted by molar-refractivity contribution is 9.10. The quantitative estimate of drug-likeness (QED) is 0.736. The van der Waals surface area contributed by atoms with E-state index in [1.807, 2.05) is 31.2 Å². The van der Waals surface area contributed by atoms with Crippen molar-refractivity contribution in [2.75, 3.05) is 0 Å². The molecule has 0 saturated heterocycles. The van der Waals surface area contributed by atoms with Crippen LogP contribution in [0.4, 0.5) is 0 Å². The molecule has 2 unspecified atom stereocenters. The van der Waals surface area contributed by atoms with Crippen LogP contribution in [0, 0.1) is 0 Å². The van der Waals surface area contributed by atoms with Crippen molar-refractivity contribution in [3.05, 3.63) is 63.6 Å². The lowest BCUT2D eigenvalue weighted by atomic mass is 9.88. The third kappa shape index (κ3) is 2.51. The van der Waals surface area contributed by atoms with Gasteiger partial charge < -0.3 is 4.74 Å². The van der Waals surface area contributed by atoms with Gasteiger partial charge in [-0.15, -0.1) is 0 Å². The van der Waals surface area contributed by atoms with Crippen molar-refractivity contribution < 1.29 is 9.53 Å². The highest BCUT2D eigenvalue weighted by Gasteiger charge is 2.35. The standard InChI is InChI=1S/C18H17BrO2/c1-3-16(20)14-9-13(19)10-15-17(11(2)21-18(14)15)12-7-5-4-6-8-12/h4-11,17H,3H2,1-2H3. The van der Waals surface area contributed by atoms with E-state index in [0.717, 1.165) is 15.8 Å². The normalized spacial score (nSPS) is 20.0. The molecule has 0 spiro atoms. The van der Waals surface area contributed by atoms with Gasteiger partial charge in [0, 0.05) is 22.4 Å². The molecule has 1 aliphatic rings. The molecule has 2 nitrogen and oxygen atoms in total. The summed E-state index contributed by atoms with van der Waals surface area (Å²) in [6.07, 6.45) is 0.511. The molecule has 0 aliphatic carbocycles. The SMILES string of the molecule is CCC(=O)c1cc(Br)cc2c1OC(C)C2c1ccccc1. The van der Waals surface area contributed by atoms with Crippen molar-refractivity contribution in [3.8, 4) is 5.75 Å². The molecule has 2 aromatic carbocycles. The summed E-state index contributed by atoms with van der Waals surface area (Å²) < 4.78 is 6.97. The average Bonchev–Trinajstić information content (AvgIpc) is 2.82. The first-order valence-electron chi connectivity index (χ1n) is 7.20. The summed E-state index contributed by atoms with van der Waals surface area (Å²) in [7, 11) is 0. The maximum Gasteiger partial charge on any atom is 0.166 e. The predicted octanol–water partition coefficient (Wildman–Crippen LogP) is 4.95. The summed E-state index contributed by atoms with van der Waals surface area (Å²) in [4.78, 5) is 12.2. The molecule has 0 amide bonds. The van der Waals surface area contributed by atoms with E-state index in [4.69, 9.17) is 4.74 Å². The monoisotopic (exact) mass is 344 g/mol. The third-order valence-corrected chi connectivity index (χ3v) is 4.43. The smallest absolute Gasteiger partial charge is 0.166 e. The lowest BCUT2D eigenvalue weighted by molar-refractivity contribution is 0.0983. The zero-order valence-corrected chi connectivity index (χ0v) is 13.7. The molecule has 0 radical (unpaired) electrons. The van der Waals surface area contributed by atoms with E-state index in [2.05, 4.69) is 41.1 Å². The Balaban J connectivity index is 2.15. The summed E-state index contributed by atoms with van der Waals surface area (Å²) in [5, 5.41) is 0. The molecule has 0 bridgehead atoms. The average molecular weight is 345 g/mol. The second-order valence-corrected chi connectivity index (χ2v) is 6.28. The molecule has 0 fully saturated rings. The van der Waals surface area contributed by atoms with Crippen LogP contribution in [-0.2, 0) is 0 Å². The zero-order valence-electron chi connectivity index (χ0n) is 12.1. The van der Waals surface area contributed by atoms with Crippen molar-refractivity contribution in [3.63, 3.8) is 0 Å². The second-order valence-electron chi connectivity index (χ2n) is 5.36. The van der Waals surface area contributed by atoms with Crippen LogP contribution in [0.3, 0.4) is 0 Å². The molecule has 2 aromatic rings. The Bertz CT molecular complexity index is 679. The molecule has 108 valence electrons. The van der Waals surface area contributed by atoms with E-state index in [1.54, 1.807) is 0 Å². The van der Waals surface area contributed by atoms with Crippen LogP contribution >= 0.6 is 15.9 Å². The van der Waals surface area contributed by atoms with Gasteiger partial charge in [0.1, 0.15) is 11.9 Å². The number of Topliss-reactive ketones (excluding diaryl/α,β-unsaturated/α-hetero) is 1. The topological polar surface area (TPSA) is 26.3 Å². The molecule has 0 N–H and O–H groups in total. The second kappa shape index (κ2) is 5.64. The van der Waals surface area contributed by atoms with Gasteiger partial charge in [0.2, 0.25) is 0 Å². The minimum atomic E-state index is 0.0279. The number of ether oxygens (including phenoxy) is 1. The fourth-order valence-corrected chi connectivity index (χ4v) is 3.47. The van der Waals surface area contributed by atoms with Gasteiger partial charge in [0.05, 0.1) is 5.56 Å². The van der Waals surface area contributed by atoms with E-state index in [0.29, 0.717) is 12.0 Å². The lowest BCUT2D eigenvalue weighted by Gasteiger charge is -2.15. The van der Waals surface area contributed by atoms with Crippen LogP contribution < -0.4 is 4.74 Å². The van der Waals surface area contributed by atoms with Crippen LogP contribution in [-0.4, -0.2) is 11.9 Å². The minimum absolute atomic E-state index is 0.0279. The minimum Gasteiger partial charge on any atom is -0.489 e. The number of rotatable bonds is 3. The van der Waals surface area contributed by atoms with Gasteiger partial charge in [-0.1, -0.05) is 53.2 Å². The molecular weight excluding hydrogens is 328 g/mol. The Labute approximate surface area is 133 Å². The van der Waals surface area contributed by atoms with Crippen LogP contribution in [0.25, 0.3) is 0 Å². The number of benzene rings is 2. The molecular formula is C18H17BrO2. The van der Waals surface area contributed by atoms with Crippen LogP contribution in [0.2, 0.25) is 0 Å². The van der Waals surface area contributed by atoms with Gasteiger partial charge in [-0.2, -0.15) is 0 Å². The van der Waals surface area contributed by atoms with Gasteiger partial charge in [0.15, 0.2) is 5.78 Å². The van der Waals surface area contributed by atoms with Crippen molar-refractivity contribution in [2.45, 2.75) is 32.3 Å². The molecule has 21 heavy (non-hydrogen) atoms. The van der Waals surface area contributed by atoms with E-state index in [-0.39, 0.29) is 17.8 Å². The molecule has 0 saturated carbocycles. The zero-order chi connectivity index (χ0) is 15.0. The third-order valence-electron chi connectivity index (χ3n) is 3.97. The number of fused-ring (bicyclic) bond motifs is 1. The molecule has 1 aliphatic heterocycles. The van der Waals surface area contributed by atoms with Gasteiger partial charge in [-0.05, 0) is 24.6 Å². The summed E-state index contributed by atoms with van der Waals surface area (Å²) >= 11 is 3.53. The molecule has 2 atom stereocenters. The van der Waals surface area contributed by atoms with E-state index >= 15 is 0 Å². The Morgan fingerprint density at radius 3 is 2.62 bits per heavy atom.